The van der Waals surface area contributed by atoms with Crippen LogP contribution in [0.5, 0.6) is 5.75 Å². The van der Waals surface area contributed by atoms with Crippen LogP contribution in [-0.2, 0) is 12.4 Å². The van der Waals surface area contributed by atoms with Crippen molar-refractivity contribution in [2.45, 2.75) is 32.4 Å². The Morgan fingerprint density at radius 2 is 2.24 bits per heavy atom. The lowest BCUT2D eigenvalue weighted by Gasteiger charge is -2.10. The van der Waals surface area contributed by atoms with Gasteiger partial charge in [0.25, 0.3) is 0 Å². The number of halogens is 1. The fraction of sp³-hybridized carbons (Fsp3) is 0.333. The number of fused-ring (bicyclic) bond motifs is 1. The highest BCUT2D eigenvalue weighted by Crippen LogP contribution is 2.28. The number of aromatic nitrogens is 3. The average Bonchev–Trinajstić information content (AvgIpc) is 3.07. The number of hydrogen-bond donors (Lipinski definition) is 0. The highest BCUT2D eigenvalue weighted by atomic mass is 35.5. The molecule has 0 fully saturated rings. The molecule has 0 saturated carbocycles. The van der Waals surface area contributed by atoms with Crippen LogP contribution in [0.1, 0.15) is 24.5 Å². The van der Waals surface area contributed by atoms with Crippen molar-refractivity contribution < 1.29 is 4.74 Å². The molecule has 110 valence electrons. The number of alkyl halides is 1. The zero-order valence-corrected chi connectivity index (χ0v) is 13.5. The average molecular weight is 322 g/mol. The molecular weight excluding hydrogens is 306 g/mol. The molecule has 0 aliphatic heterocycles. The summed E-state index contributed by atoms with van der Waals surface area (Å²) < 4.78 is 7.97. The third kappa shape index (κ3) is 2.89. The molecule has 0 N–H and O–H groups in total. The molecular formula is C15H16ClN3OS. The lowest BCUT2D eigenvalue weighted by Crippen LogP contribution is -2.06. The second-order valence-corrected chi connectivity index (χ2v) is 6.24. The van der Waals surface area contributed by atoms with Gasteiger partial charge in [-0.1, -0.05) is 6.07 Å². The van der Waals surface area contributed by atoms with Gasteiger partial charge in [-0.25, -0.2) is 4.98 Å². The normalized spacial score (nSPS) is 11.4. The molecule has 1 aromatic carbocycles. The first-order valence-electron chi connectivity index (χ1n) is 6.77. The molecule has 0 aliphatic rings. The van der Waals surface area contributed by atoms with Gasteiger partial charge in [-0.3, -0.25) is 4.98 Å². The summed E-state index contributed by atoms with van der Waals surface area (Å²) in [6.45, 7) is 4.75. The molecule has 0 bridgehead atoms. The van der Waals surface area contributed by atoms with Crippen molar-refractivity contribution in [2.24, 2.45) is 0 Å². The minimum Gasteiger partial charge on any atom is -0.489 e. The molecule has 2 heterocycles. The van der Waals surface area contributed by atoms with Crippen molar-refractivity contribution in [3.05, 3.63) is 40.6 Å². The number of hydrogen-bond acceptors (Lipinski definition) is 4. The first-order valence-corrected chi connectivity index (χ1v) is 8.18. The first-order chi connectivity index (χ1) is 10.2. The summed E-state index contributed by atoms with van der Waals surface area (Å²) in [7, 11) is 0. The Bertz CT molecular complexity index is 737. The van der Waals surface area contributed by atoms with Gasteiger partial charge in [-0.05, 0) is 26.0 Å². The predicted octanol–water partition coefficient (Wildman–Crippen LogP) is 4.07. The number of imidazole rings is 1. The third-order valence-corrected chi connectivity index (χ3v) is 4.10. The van der Waals surface area contributed by atoms with Crippen molar-refractivity contribution in [2.75, 3.05) is 0 Å². The van der Waals surface area contributed by atoms with Gasteiger partial charge in [0.05, 0.1) is 29.6 Å². The standard InChI is InChI=1S/C15H16ClN3OS/c1-10(2)20-13-5-3-4-12-15(13)18-14(6-16)19(12)8-11-7-17-9-21-11/h3-5,7,9-10H,6,8H2,1-2H3. The van der Waals surface area contributed by atoms with Crippen molar-refractivity contribution in [1.29, 1.82) is 0 Å². The molecule has 4 nitrogen and oxygen atoms in total. The number of nitrogens with zero attached hydrogens (tertiary/aromatic N) is 3. The maximum Gasteiger partial charge on any atom is 0.147 e. The second kappa shape index (κ2) is 6.03. The Morgan fingerprint density at radius 1 is 1.38 bits per heavy atom. The Hall–Kier alpha value is -1.59. The van der Waals surface area contributed by atoms with E-state index in [4.69, 9.17) is 16.3 Å². The summed E-state index contributed by atoms with van der Waals surface area (Å²) in [4.78, 5) is 9.95. The monoisotopic (exact) mass is 321 g/mol. The maximum absolute atomic E-state index is 6.07. The summed E-state index contributed by atoms with van der Waals surface area (Å²) in [5.41, 5.74) is 3.74. The van der Waals surface area contributed by atoms with Crippen LogP contribution in [0.3, 0.4) is 0 Å². The quantitative estimate of drug-likeness (QED) is 0.665. The zero-order chi connectivity index (χ0) is 14.8. The number of thiazole rings is 1. The summed E-state index contributed by atoms with van der Waals surface area (Å²) in [6, 6.07) is 5.99. The molecule has 6 heteroatoms. The molecule has 0 saturated heterocycles. The van der Waals surface area contributed by atoms with Crippen LogP contribution in [0.2, 0.25) is 0 Å². The summed E-state index contributed by atoms with van der Waals surface area (Å²) in [5, 5.41) is 0. The highest BCUT2D eigenvalue weighted by Gasteiger charge is 2.15. The molecule has 2 aromatic heterocycles. The zero-order valence-electron chi connectivity index (χ0n) is 11.9. The molecule has 3 rings (SSSR count). The van der Waals surface area contributed by atoms with Crippen molar-refractivity contribution >= 4 is 34.0 Å². The molecule has 0 aliphatic carbocycles. The van der Waals surface area contributed by atoms with E-state index >= 15 is 0 Å². The van der Waals surface area contributed by atoms with E-state index in [9.17, 15) is 0 Å². The van der Waals surface area contributed by atoms with Crippen LogP contribution in [0, 0.1) is 0 Å². The van der Waals surface area contributed by atoms with Crippen LogP contribution in [0.4, 0.5) is 0 Å². The Morgan fingerprint density at radius 3 is 2.90 bits per heavy atom. The molecule has 0 amide bonds. The minimum absolute atomic E-state index is 0.113. The summed E-state index contributed by atoms with van der Waals surface area (Å²) in [6.07, 6.45) is 1.99. The SMILES string of the molecule is CC(C)Oc1cccc2c1nc(CCl)n2Cc1cncs1. The topological polar surface area (TPSA) is 39.9 Å². The van der Waals surface area contributed by atoms with Gasteiger partial charge in [0.15, 0.2) is 0 Å². The molecule has 0 atom stereocenters. The second-order valence-electron chi connectivity index (χ2n) is 5.01. The van der Waals surface area contributed by atoms with E-state index in [1.54, 1.807) is 11.3 Å². The van der Waals surface area contributed by atoms with Gasteiger partial charge in [0, 0.05) is 11.1 Å². The Labute approximate surface area is 132 Å². The van der Waals surface area contributed by atoms with E-state index in [1.807, 2.05) is 43.8 Å². The van der Waals surface area contributed by atoms with Gasteiger partial charge in [-0.15, -0.1) is 22.9 Å². The Balaban J connectivity index is 2.10. The summed E-state index contributed by atoms with van der Waals surface area (Å²) >= 11 is 7.70. The predicted molar refractivity (Wildman–Crippen MR) is 86.3 cm³/mol. The van der Waals surface area contributed by atoms with Crippen LogP contribution in [-0.4, -0.2) is 20.6 Å². The fourth-order valence-corrected chi connectivity index (χ4v) is 3.06. The number of rotatable bonds is 5. The number of para-hydroxylation sites is 1. The van der Waals surface area contributed by atoms with Crippen molar-refractivity contribution in [3.8, 4) is 5.75 Å². The van der Waals surface area contributed by atoms with E-state index in [0.717, 1.165) is 29.2 Å². The molecule has 21 heavy (non-hydrogen) atoms. The van der Waals surface area contributed by atoms with Gasteiger partial charge in [0.1, 0.15) is 17.1 Å². The Kier molecular flexibility index (Phi) is 4.12. The van der Waals surface area contributed by atoms with Crippen LogP contribution in [0.15, 0.2) is 29.9 Å². The lowest BCUT2D eigenvalue weighted by molar-refractivity contribution is 0.245. The minimum atomic E-state index is 0.113. The highest BCUT2D eigenvalue weighted by molar-refractivity contribution is 7.09. The molecule has 3 aromatic rings. The molecule has 0 spiro atoms. The largest absolute Gasteiger partial charge is 0.489 e. The van der Waals surface area contributed by atoms with Gasteiger partial charge in [0.2, 0.25) is 0 Å². The fourth-order valence-electron chi connectivity index (χ4n) is 2.27. The lowest BCUT2D eigenvalue weighted by atomic mass is 10.3. The van der Waals surface area contributed by atoms with Crippen LogP contribution < -0.4 is 4.74 Å². The third-order valence-electron chi connectivity index (χ3n) is 3.10. The van der Waals surface area contributed by atoms with E-state index < -0.39 is 0 Å². The smallest absolute Gasteiger partial charge is 0.147 e. The van der Waals surface area contributed by atoms with Crippen molar-refractivity contribution in [1.82, 2.24) is 14.5 Å². The van der Waals surface area contributed by atoms with E-state index in [-0.39, 0.29) is 6.10 Å². The number of benzene rings is 1. The maximum atomic E-state index is 6.07. The van der Waals surface area contributed by atoms with E-state index in [1.165, 1.54) is 4.88 Å². The van der Waals surface area contributed by atoms with Crippen LogP contribution >= 0.6 is 22.9 Å². The first kappa shape index (κ1) is 14.4. The summed E-state index contributed by atoms with van der Waals surface area (Å²) in [5.74, 6) is 2.02. The van der Waals surface area contributed by atoms with Gasteiger partial charge in [-0.2, -0.15) is 0 Å². The van der Waals surface area contributed by atoms with Gasteiger partial charge < -0.3 is 9.30 Å². The molecule has 0 radical (unpaired) electrons. The van der Waals surface area contributed by atoms with E-state index in [0.29, 0.717) is 5.88 Å². The number of ether oxygens (including phenoxy) is 1. The van der Waals surface area contributed by atoms with Crippen LogP contribution in [0.25, 0.3) is 11.0 Å². The molecule has 0 unspecified atom stereocenters. The van der Waals surface area contributed by atoms with E-state index in [2.05, 4.69) is 14.5 Å². The van der Waals surface area contributed by atoms with Gasteiger partial charge >= 0.3 is 0 Å². The van der Waals surface area contributed by atoms with Crippen molar-refractivity contribution in [3.63, 3.8) is 0 Å².